The van der Waals surface area contributed by atoms with Gasteiger partial charge in [-0.25, -0.2) is 0 Å². The summed E-state index contributed by atoms with van der Waals surface area (Å²) in [5.74, 6) is -2.24. The Hall–Kier alpha value is -1.11. The Morgan fingerprint density at radius 3 is 2.06 bits per heavy atom. The minimum absolute atomic E-state index is 0.599. The summed E-state index contributed by atoms with van der Waals surface area (Å²) in [7, 11) is 2.49. The van der Waals surface area contributed by atoms with Crippen molar-refractivity contribution in [2.24, 2.45) is 0 Å². The molecule has 0 spiro atoms. The topological polar surface area (TPSA) is 52.6 Å². The minimum atomic E-state index is -1.01. The van der Waals surface area contributed by atoms with Crippen molar-refractivity contribution in [3.63, 3.8) is 0 Å². The molecule has 0 aliphatic carbocycles. The molecule has 5 heteroatoms. The molecule has 16 heavy (non-hydrogen) atoms. The van der Waals surface area contributed by atoms with Crippen LogP contribution < -0.4 is 0 Å². The second kappa shape index (κ2) is 5.83. The van der Waals surface area contributed by atoms with Crippen LogP contribution in [0.5, 0.6) is 0 Å². The van der Waals surface area contributed by atoms with Crippen LogP contribution in [0.4, 0.5) is 0 Å². The number of halogens is 1. The summed E-state index contributed by atoms with van der Waals surface area (Å²) < 4.78 is 10.0. The molecule has 0 aromatic heterocycles. The van der Waals surface area contributed by atoms with E-state index in [-0.39, 0.29) is 0 Å². The van der Waals surface area contributed by atoms with Gasteiger partial charge < -0.3 is 9.47 Å². The average molecular weight is 334 g/mol. The highest BCUT2D eigenvalue weighted by molar-refractivity contribution is 14.1. The normalized spacial score (nSPS) is 10.0. The number of ether oxygens (including phenoxy) is 2. The molecular formula is C11H11IO4. The third-order valence-corrected chi connectivity index (χ3v) is 3.07. The van der Waals surface area contributed by atoms with Crippen LogP contribution in [-0.2, 0) is 19.1 Å². The van der Waals surface area contributed by atoms with E-state index >= 15 is 0 Å². The molecule has 1 aromatic rings. The van der Waals surface area contributed by atoms with Crippen LogP contribution in [-0.4, -0.2) is 26.2 Å². The molecule has 0 bridgehead atoms. The second-order valence-corrected chi connectivity index (χ2v) is 4.16. The van der Waals surface area contributed by atoms with Crippen LogP contribution in [0, 0.1) is 3.57 Å². The number of carbonyl (C=O) groups excluding carboxylic acids is 2. The van der Waals surface area contributed by atoms with Crippen molar-refractivity contribution < 1.29 is 19.1 Å². The highest BCUT2D eigenvalue weighted by Gasteiger charge is 2.31. The Bertz CT molecular complexity index is 387. The van der Waals surface area contributed by atoms with E-state index in [4.69, 9.17) is 0 Å². The van der Waals surface area contributed by atoms with Crippen LogP contribution in [0.2, 0.25) is 0 Å². The van der Waals surface area contributed by atoms with Gasteiger partial charge in [-0.2, -0.15) is 0 Å². The van der Waals surface area contributed by atoms with Gasteiger partial charge in [-0.15, -0.1) is 0 Å². The van der Waals surface area contributed by atoms with Gasteiger partial charge in [-0.05, 0) is 34.2 Å². The Labute approximate surface area is 107 Å². The standard InChI is InChI=1S/C11H11IO4/c1-15-10(13)9(11(14)16-2)7-5-3-4-6-8(7)12/h3-6,9H,1-2H3. The van der Waals surface area contributed by atoms with Crippen LogP contribution in [0.3, 0.4) is 0 Å². The van der Waals surface area contributed by atoms with E-state index in [0.717, 1.165) is 3.57 Å². The lowest BCUT2D eigenvalue weighted by molar-refractivity contribution is -0.154. The van der Waals surface area contributed by atoms with Gasteiger partial charge in [0, 0.05) is 3.57 Å². The third-order valence-electron chi connectivity index (χ3n) is 2.09. The summed E-state index contributed by atoms with van der Waals surface area (Å²) in [6.45, 7) is 0. The van der Waals surface area contributed by atoms with Gasteiger partial charge in [0.2, 0.25) is 0 Å². The van der Waals surface area contributed by atoms with E-state index in [1.54, 1.807) is 12.1 Å². The van der Waals surface area contributed by atoms with E-state index in [1.807, 2.05) is 12.1 Å². The molecule has 4 nitrogen and oxygen atoms in total. The quantitative estimate of drug-likeness (QED) is 0.480. The maximum absolute atomic E-state index is 11.5. The maximum atomic E-state index is 11.5. The zero-order chi connectivity index (χ0) is 12.1. The number of benzene rings is 1. The van der Waals surface area contributed by atoms with Gasteiger partial charge in [0.1, 0.15) is 0 Å². The van der Waals surface area contributed by atoms with E-state index in [9.17, 15) is 9.59 Å². The number of hydrogen-bond acceptors (Lipinski definition) is 4. The Morgan fingerprint density at radius 2 is 1.62 bits per heavy atom. The highest BCUT2D eigenvalue weighted by Crippen LogP contribution is 2.24. The molecule has 0 heterocycles. The van der Waals surface area contributed by atoms with E-state index < -0.39 is 17.9 Å². The Kier molecular flexibility index (Phi) is 4.72. The molecule has 86 valence electrons. The minimum Gasteiger partial charge on any atom is -0.468 e. The van der Waals surface area contributed by atoms with Gasteiger partial charge in [-0.1, -0.05) is 18.2 Å². The Balaban J connectivity index is 3.16. The second-order valence-electron chi connectivity index (χ2n) is 3.00. The number of hydrogen-bond donors (Lipinski definition) is 0. The fourth-order valence-corrected chi connectivity index (χ4v) is 1.99. The predicted molar refractivity (Wildman–Crippen MR) is 65.9 cm³/mol. The molecule has 0 saturated carbocycles. The SMILES string of the molecule is COC(=O)C(C(=O)OC)c1ccccc1I. The predicted octanol–water partition coefficient (Wildman–Crippen LogP) is 1.72. The van der Waals surface area contributed by atoms with E-state index in [1.165, 1.54) is 14.2 Å². The lowest BCUT2D eigenvalue weighted by Gasteiger charge is -2.13. The first-order chi connectivity index (χ1) is 7.61. The molecule has 1 rings (SSSR count). The molecule has 0 saturated heterocycles. The molecule has 0 atom stereocenters. The highest BCUT2D eigenvalue weighted by atomic mass is 127. The van der Waals surface area contributed by atoms with Crippen molar-refractivity contribution in [1.29, 1.82) is 0 Å². The number of rotatable bonds is 3. The zero-order valence-corrected chi connectivity index (χ0v) is 11.1. The average Bonchev–Trinajstić information content (AvgIpc) is 2.31. The smallest absolute Gasteiger partial charge is 0.324 e. The summed E-state index contributed by atoms with van der Waals surface area (Å²) in [6, 6.07) is 7.11. The molecular weight excluding hydrogens is 323 g/mol. The fourth-order valence-electron chi connectivity index (χ4n) is 1.30. The first kappa shape index (κ1) is 13.0. The monoisotopic (exact) mass is 334 g/mol. The summed E-state index contributed by atoms with van der Waals surface area (Å²) >= 11 is 2.06. The first-order valence-electron chi connectivity index (χ1n) is 4.52. The number of carbonyl (C=O) groups is 2. The van der Waals surface area contributed by atoms with Crippen LogP contribution in [0.1, 0.15) is 11.5 Å². The summed E-state index contributed by atoms with van der Waals surface area (Å²) in [6.07, 6.45) is 0. The van der Waals surface area contributed by atoms with Crippen molar-refractivity contribution in [3.8, 4) is 0 Å². The maximum Gasteiger partial charge on any atom is 0.324 e. The number of methoxy groups -OCH3 is 2. The molecule has 1 aromatic carbocycles. The van der Waals surface area contributed by atoms with Crippen molar-refractivity contribution in [2.75, 3.05) is 14.2 Å². The van der Waals surface area contributed by atoms with Crippen molar-refractivity contribution in [1.82, 2.24) is 0 Å². The summed E-state index contributed by atoms with van der Waals surface area (Å²) in [5, 5.41) is 0. The first-order valence-corrected chi connectivity index (χ1v) is 5.59. The van der Waals surface area contributed by atoms with Gasteiger partial charge in [-0.3, -0.25) is 9.59 Å². The van der Waals surface area contributed by atoms with Gasteiger partial charge in [0.15, 0.2) is 5.92 Å². The Morgan fingerprint density at radius 1 is 1.12 bits per heavy atom. The van der Waals surface area contributed by atoms with E-state index in [0.29, 0.717) is 5.56 Å². The summed E-state index contributed by atoms with van der Waals surface area (Å²) in [4.78, 5) is 23.1. The van der Waals surface area contributed by atoms with Gasteiger partial charge >= 0.3 is 11.9 Å². The van der Waals surface area contributed by atoms with Crippen molar-refractivity contribution in [2.45, 2.75) is 5.92 Å². The van der Waals surface area contributed by atoms with Crippen LogP contribution in [0.25, 0.3) is 0 Å². The number of esters is 2. The van der Waals surface area contributed by atoms with Gasteiger partial charge in [0.25, 0.3) is 0 Å². The molecule has 0 radical (unpaired) electrons. The van der Waals surface area contributed by atoms with Crippen molar-refractivity contribution in [3.05, 3.63) is 33.4 Å². The van der Waals surface area contributed by atoms with E-state index in [2.05, 4.69) is 32.1 Å². The molecule has 0 fully saturated rings. The zero-order valence-electron chi connectivity index (χ0n) is 8.90. The van der Waals surface area contributed by atoms with Crippen molar-refractivity contribution >= 4 is 34.5 Å². The molecule has 0 amide bonds. The molecule has 0 aliphatic rings. The fraction of sp³-hybridized carbons (Fsp3) is 0.273. The molecule has 0 unspecified atom stereocenters. The molecule has 0 N–H and O–H groups in total. The third kappa shape index (κ3) is 2.72. The lowest BCUT2D eigenvalue weighted by Crippen LogP contribution is -2.25. The summed E-state index contributed by atoms with van der Waals surface area (Å²) in [5.41, 5.74) is 0.599. The van der Waals surface area contributed by atoms with Gasteiger partial charge in [0.05, 0.1) is 14.2 Å². The molecule has 0 aliphatic heterocycles. The van der Waals surface area contributed by atoms with Crippen LogP contribution >= 0.6 is 22.6 Å². The van der Waals surface area contributed by atoms with Crippen LogP contribution in [0.15, 0.2) is 24.3 Å². The lowest BCUT2D eigenvalue weighted by atomic mass is 9.99. The largest absolute Gasteiger partial charge is 0.468 e.